The number of carbonyl (C=O) groups is 4. The number of ether oxygens (including phenoxy) is 1. The van der Waals surface area contributed by atoms with E-state index >= 15 is 0 Å². The standard InChI is InChI=1S/C31H41NO7S/c1-18(4-11-28(36)39-17-19-5-7-22(8-6-19)40(32,37)38)23-9-10-24-29-25(16-27(35)31(23,24)3)30(2)13-12-21(33)14-20(30)15-26(29)34/h5-8,18,20,23-25,29H,4,9-17H2,1-3H3,(H2,32,37,38)/t18-,20+,23-,24+,25+,29+,30+,31-/m1/s1. The summed E-state index contributed by atoms with van der Waals surface area (Å²) in [5.74, 6) is 0.641. The molecule has 1 aromatic rings. The summed E-state index contributed by atoms with van der Waals surface area (Å²) in [6.07, 6.45) is 5.21. The normalized spacial score (nSPS) is 36.4. The lowest BCUT2D eigenvalue weighted by molar-refractivity contribution is -0.166. The van der Waals surface area contributed by atoms with Crippen molar-refractivity contribution in [1.29, 1.82) is 0 Å². The van der Waals surface area contributed by atoms with Crippen LogP contribution in [0.25, 0.3) is 0 Å². The van der Waals surface area contributed by atoms with Crippen molar-refractivity contribution in [3.8, 4) is 0 Å². The van der Waals surface area contributed by atoms with Crippen LogP contribution < -0.4 is 5.14 Å². The molecule has 0 aliphatic heterocycles. The van der Waals surface area contributed by atoms with Crippen LogP contribution in [0.1, 0.15) is 84.1 Å². The van der Waals surface area contributed by atoms with E-state index in [0.717, 1.165) is 19.3 Å². The molecule has 0 bridgehead atoms. The molecule has 1 aromatic carbocycles. The number of hydrogen-bond donors (Lipinski definition) is 1. The average molecular weight is 572 g/mol. The third kappa shape index (κ3) is 4.97. The predicted molar refractivity (Wildman–Crippen MR) is 147 cm³/mol. The molecule has 8 atom stereocenters. The summed E-state index contributed by atoms with van der Waals surface area (Å²) in [5.41, 5.74) is -0.0351. The molecule has 8 nitrogen and oxygen atoms in total. The lowest BCUT2D eigenvalue weighted by atomic mass is 9.44. The summed E-state index contributed by atoms with van der Waals surface area (Å²) in [6, 6.07) is 5.90. The molecule has 9 heteroatoms. The van der Waals surface area contributed by atoms with E-state index in [1.807, 2.05) is 0 Å². The molecule has 40 heavy (non-hydrogen) atoms. The first-order valence-corrected chi connectivity index (χ1v) is 16.1. The summed E-state index contributed by atoms with van der Waals surface area (Å²) < 4.78 is 28.2. The molecule has 0 saturated heterocycles. The van der Waals surface area contributed by atoms with E-state index in [0.29, 0.717) is 37.7 Å². The van der Waals surface area contributed by atoms with Crippen LogP contribution in [0.2, 0.25) is 0 Å². The first-order chi connectivity index (χ1) is 18.7. The van der Waals surface area contributed by atoms with Crippen molar-refractivity contribution in [2.24, 2.45) is 51.5 Å². The van der Waals surface area contributed by atoms with E-state index in [2.05, 4.69) is 20.8 Å². The third-order valence-corrected chi connectivity index (χ3v) is 12.3. The fraction of sp³-hybridized carbons (Fsp3) is 0.677. The van der Waals surface area contributed by atoms with Gasteiger partial charge in [-0.2, -0.15) is 0 Å². The Morgan fingerprint density at radius 3 is 2.42 bits per heavy atom. The molecule has 2 N–H and O–H groups in total. The number of benzene rings is 1. The Labute approximate surface area is 236 Å². The van der Waals surface area contributed by atoms with Gasteiger partial charge in [0.1, 0.15) is 24.0 Å². The Bertz CT molecular complexity index is 1320. The summed E-state index contributed by atoms with van der Waals surface area (Å²) in [7, 11) is -3.78. The van der Waals surface area contributed by atoms with Crippen molar-refractivity contribution in [3.05, 3.63) is 29.8 Å². The Morgan fingerprint density at radius 2 is 1.75 bits per heavy atom. The van der Waals surface area contributed by atoms with Gasteiger partial charge in [-0.1, -0.05) is 32.9 Å². The van der Waals surface area contributed by atoms with Crippen LogP contribution in [0.15, 0.2) is 29.2 Å². The zero-order valence-corrected chi connectivity index (χ0v) is 24.5. The number of Topliss-reactive ketones (excluding diaryl/α,β-unsaturated/α-hetero) is 3. The van der Waals surface area contributed by atoms with Crippen molar-refractivity contribution in [3.63, 3.8) is 0 Å². The maximum atomic E-state index is 13.9. The van der Waals surface area contributed by atoms with Gasteiger partial charge < -0.3 is 4.74 Å². The average Bonchev–Trinajstić information content (AvgIpc) is 3.26. The van der Waals surface area contributed by atoms with Crippen LogP contribution in [-0.2, 0) is 40.5 Å². The van der Waals surface area contributed by atoms with Gasteiger partial charge >= 0.3 is 5.97 Å². The highest BCUT2D eigenvalue weighted by atomic mass is 32.2. The number of ketones is 3. The van der Waals surface area contributed by atoms with Gasteiger partial charge in [0.25, 0.3) is 0 Å². The summed E-state index contributed by atoms with van der Waals surface area (Å²) in [5, 5.41) is 5.12. The molecule has 5 rings (SSSR count). The minimum absolute atomic E-state index is 0.000960. The molecule has 0 amide bonds. The molecular weight excluding hydrogens is 530 g/mol. The maximum Gasteiger partial charge on any atom is 0.306 e. The second-order valence-electron chi connectivity index (χ2n) is 13.3. The zero-order valence-electron chi connectivity index (χ0n) is 23.7. The van der Waals surface area contributed by atoms with E-state index in [1.165, 1.54) is 12.1 Å². The molecule has 4 aliphatic rings. The molecule has 0 radical (unpaired) electrons. The molecular formula is C31H41NO7S. The lowest BCUT2D eigenvalue weighted by Gasteiger charge is -2.58. The number of sulfonamides is 1. The van der Waals surface area contributed by atoms with Gasteiger partial charge in [0.2, 0.25) is 10.0 Å². The fourth-order valence-corrected chi connectivity index (χ4v) is 9.46. The minimum atomic E-state index is -3.78. The van der Waals surface area contributed by atoms with Crippen LogP contribution in [0.5, 0.6) is 0 Å². The number of nitrogens with two attached hydrogens (primary N) is 1. The van der Waals surface area contributed by atoms with Gasteiger partial charge in [-0.05, 0) is 78.4 Å². The highest BCUT2D eigenvalue weighted by molar-refractivity contribution is 7.89. The number of fused-ring (bicyclic) bond motifs is 5. The van der Waals surface area contributed by atoms with Gasteiger partial charge in [-0.25, -0.2) is 13.6 Å². The highest BCUT2D eigenvalue weighted by Gasteiger charge is 2.66. The Balaban J connectivity index is 1.21. The zero-order chi connectivity index (χ0) is 29.0. The van der Waals surface area contributed by atoms with E-state index in [9.17, 15) is 27.6 Å². The first-order valence-electron chi connectivity index (χ1n) is 14.6. The number of carbonyl (C=O) groups excluding carboxylic acids is 4. The van der Waals surface area contributed by atoms with Gasteiger partial charge in [0.05, 0.1) is 4.90 Å². The Morgan fingerprint density at radius 1 is 1.05 bits per heavy atom. The second kappa shape index (κ2) is 10.5. The Kier molecular flexibility index (Phi) is 7.62. The van der Waals surface area contributed by atoms with Crippen molar-refractivity contribution >= 4 is 33.3 Å². The lowest BCUT2D eigenvalue weighted by Crippen LogP contribution is -2.60. The molecule has 4 saturated carbocycles. The fourth-order valence-electron chi connectivity index (χ4n) is 8.95. The SMILES string of the molecule is C[C@H](CCC(=O)OCc1ccc(S(N)(=O)=O)cc1)[C@H]1CC[C@H]2[C@@H]3C(=O)C[C@@H]4CC(=O)CC[C@]4(C)[C@H]3CC(=O)[C@]12C. The summed E-state index contributed by atoms with van der Waals surface area (Å²) >= 11 is 0. The molecule has 0 unspecified atom stereocenters. The van der Waals surface area contributed by atoms with E-state index in [1.54, 1.807) is 12.1 Å². The minimum Gasteiger partial charge on any atom is -0.461 e. The highest BCUT2D eigenvalue weighted by Crippen LogP contribution is 2.66. The van der Waals surface area contributed by atoms with E-state index in [-0.39, 0.29) is 82.2 Å². The van der Waals surface area contributed by atoms with Gasteiger partial charge in [0.15, 0.2) is 0 Å². The van der Waals surface area contributed by atoms with Crippen LogP contribution in [-0.4, -0.2) is 31.7 Å². The largest absolute Gasteiger partial charge is 0.461 e. The van der Waals surface area contributed by atoms with E-state index < -0.39 is 15.4 Å². The van der Waals surface area contributed by atoms with Crippen LogP contribution in [0, 0.1) is 46.3 Å². The maximum absolute atomic E-state index is 13.9. The van der Waals surface area contributed by atoms with Gasteiger partial charge in [-0.15, -0.1) is 0 Å². The predicted octanol–water partition coefficient (Wildman–Crippen LogP) is 4.38. The molecule has 218 valence electrons. The number of rotatable bonds is 7. The first kappa shape index (κ1) is 29.1. The van der Waals surface area contributed by atoms with E-state index in [4.69, 9.17) is 9.88 Å². The molecule has 0 aromatic heterocycles. The quantitative estimate of drug-likeness (QED) is 0.479. The Hall–Kier alpha value is -2.39. The summed E-state index contributed by atoms with van der Waals surface area (Å²) in [4.78, 5) is 52.2. The van der Waals surface area contributed by atoms with Crippen LogP contribution >= 0.6 is 0 Å². The molecule has 0 spiro atoms. The number of esters is 1. The topological polar surface area (TPSA) is 138 Å². The van der Waals surface area contributed by atoms with Crippen LogP contribution in [0.4, 0.5) is 0 Å². The van der Waals surface area contributed by atoms with Crippen molar-refractivity contribution in [1.82, 2.24) is 0 Å². The number of primary sulfonamides is 1. The van der Waals surface area contributed by atoms with Gasteiger partial charge in [0, 0.05) is 43.4 Å². The van der Waals surface area contributed by atoms with Crippen molar-refractivity contribution in [2.75, 3.05) is 0 Å². The monoisotopic (exact) mass is 571 g/mol. The number of hydrogen-bond acceptors (Lipinski definition) is 7. The third-order valence-electron chi connectivity index (χ3n) is 11.4. The molecule has 4 fully saturated rings. The second-order valence-corrected chi connectivity index (χ2v) is 14.9. The molecule has 4 aliphatic carbocycles. The van der Waals surface area contributed by atoms with Gasteiger partial charge in [-0.3, -0.25) is 19.2 Å². The smallest absolute Gasteiger partial charge is 0.306 e. The van der Waals surface area contributed by atoms with Crippen molar-refractivity contribution < 1.29 is 32.3 Å². The summed E-state index contributed by atoms with van der Waals surface area (Å²) in [6.45, 7) is 6.43. The van der Waals surface area contributed by atoms with Crippen molar-refractivity contribution in [2.45, 2.75) is 90.1 Å². The van der Waals surface area contributed by atoms with Crippen LogP contribution in [0.3, 0.4) is 0 Å². The molecule has 0 heterocycles.